The maximum Gasteiger partial charge on any atom is 0.159 e. The third-order valence-corrected chi connectivity index (χ3v) is 3.57. The van der Waals surface area contributed by atoms with Crippen molar-refractivity contribution < 1.29 is 13.9 Å². The van der Waals surface area contributed by atoms with E-state index in [1.165, 1.54) is 17.8 Å². The van der Waals surface area contributed by atoms with Gasteiger partial charge < -0.3 is 5.11 Å². The summed E-state index contributed by atoms with van der Waals surface area (Å²) in [5.74, 6) is -1.72. The summed E-state index contributed by atoms with van der Waals surface area (Å²) in [7, 11) is 0. The molecule has 0 bridgehead atoms. The molecule has 0 fully saturated rings. The van der Waals surface area contributed by atoms with Gasteiger partial charge in [0, 0.05) is 9.79 Å². The molecule has 0 heterocycles. The van der Waals surface area contributed by atoms with Gasteiger partial charge in [-0.3, -0.25) is 0 Å². The number of aliphatic hydroxyl groups is 1. The Morgan fingerprint density at radius 2 is 1.78 bits per heavy atom. The summed E-state index contributed by atoms with van der Waals surface area (Å²) < 4.78 is 25.9. The van der Waals surface area contributed by atoms with Crippen molar-refractivity contribution in [3.63, 3.8) is 0 Å². The molecule has 0 aliphatic rings. The first-order valence-corrected chi connectivity index (χ1v) is 6.29. The Bertz CT molecular complexity index is 555. The van der Waals surface area contributed by atoms with E-state index in [9.17, 15) is 13.9 Å². The lowest BCUT2D eigenvalue weighted by atomic mass is 10.1. The number of rotatable bonds is 3. The van der Waals surface area contributed by atoms with Gasteiger partial charge in [0.2, 0.25) is 0 Å². The highest BCUT2D eigenvalue weighted by molar-refractivity contribution is 7.99. The molecule has 0 saturated heterocycles. The fourth-order valence-corrected chi connectivity index (χ4v) is 2.64. The van der Waals surface area contributed by atoms with Crippen molar-refractivity contribution >= 4 is 11.8 Å². The van der Waals surface area contributed by atoms with Crippen molar-refractivity contribution in [1.29, 1.82) is 0 Å². The largest absolute Gasteiger partial charge is 0.389 e. The molecule has 4 heteroatoms. The second-order valence-electron chi connectivity index (χ2n) is 3.89. The van der Waals surface area contributed by atoms with Crippen LogP contribution in [0.25, 0.3) is 0 Å². The Kier molecular flexibility index (Phi) is 3.99. The quantitative estimate of drug-likeness (QED) is 0.899. The number of hydrogen-bond acceptors (Lipinski definition) is 2. The van der Waals surface area contributed by atoms with Gasteiger partial charge in [0.15, 0.2) is 11.6 Å². The molecule has 1 atom stereocenters. The standard InChI is InChI=1S/C14H12F2OS/c1-9(17)11-4-2-3-5-14(11)18-10-6-7-12(15)13(16)8-10/h2-9,17H,1H3/t9-/m0/s1. The van der Waals surface area contributed by atoms with E-state index in [2.05, 4.69) is 0 Å². The van der Waals surface area contributed by atoms with E-state index in [1.807, 2.05) is 24.3 Å². The molecule has 2 rings (SSSR count). The van der Waals surface area contributed by atoms with Crippen molar-refractivity contribution in [2.24, 2.45) is 0 Å². The van der Waals surface area contributed by atoms with E-state index in [1.54, 1.807) is 6.92 Å². The lowest BCUT2D eigenvalue weighted by molar-refractivity contribution is 0.196. The minimum absolute atomic E-state index is 0.598. The molecule has 0 amide bonds. The first-order valence-electron chi connectivity index (χ1n) is 5.48. The predicted octanol–water partition coefficient (Wildman–Crippen LogP) is 4.17. The third-order valence-electron chi connectivity index (χ3n) is 2.49. The third kappa shape index (κ3) is 2.89. The molecule has 1 N–H and O–H groups in total. The van der Waals surface area contributed by atoms with Crippen LogP contribution in [0.1, 0.15) is 18.6 Å². The van der Waals surface area contributed by atoms with Crippen LogP contribution in [-0.2, 0) is 0 Å². The van der Waals surface area contributed by atoms with Gasteiger partial charge in [-0.2, -0.15) is 0 Å². The highest BCUT2D eigenvalue weighted by Crippen LogP contribution is 2.33. The zero-order valence-corrected chi connectivity index (χ0v) is 10.5. The zero-order chi connectivity index (χ0) is 13.1. The first-order chi connectivity index (χ1) is 8.58. The topological polar surface area (TPSA) is 20.2 Å². The highest BCUT2D eigenvalue weighted by atomic mass is 32.2. The second kappa shape index (κ2) is 5.50. The normalized spacial score (nSPS) is 12.4. The number of hydrogen-bond donors (Lipinski definition) is 1. The summed E-state index contributed by atoms with van der Waals surface area (Å²) in [5, 5.41) is 9.63. The molecule has 18 heavy (non-hydrogen) atoms. The van der Waals surface area contributed by atoms with E-state index in [0.29, 0.717) is 4.90 Å². The lowest BCUT2D eigenvalue weighted by Gasteiger charge is -2.11. The predicted molar refractivity (Wildman–Crippen MR) is 67.6 cm³/mol. The van der Waals surface area contributed by atoms with Crippen molar-refractivity contribution in [2.75, 3.05) is 0 Å². The van der Waals surface area contributed by atoms with Crippen LogP contribution in [-0.4, -0.2) is 5.11 Å². The van der Waals surface area contributed by atoms with Gasteiger partial charge >= 0.3 is 0 Å². The molecule has 0 aliphatic carbocycles. The fourth-order valence-electron chi connectivity index (χ4n) is 1.59. The smallest absolute Gasteiger partial charge is 0.159 e. The number of aliphatic hydroxyl groups excluding tert-OH is 1. The van der Waals surface area contributed by atoms with Gasteiger partial charge in [-0.1, -0.05) is 30.0 Å². The van der Waals surface area contributed by atoms with Crippen LogP contribution >= 0.6 is 11.8 Å². The maximum atomic E-state index is 13.1. The van der Waals surface area contributed by atoms with Gasteiger partial charge in [-0.25, -0.2) is 8.78 Å². The van der Waals surface area contributed by atoms with Gasteiger partial charge in [0.25, 0.3) is 0 Å². The Balaban J connectivity index is 2.31. The molecule has 1 nitrogen and oxygen atoms in total. The van der Waals surface area contributed by atoms with Crippen LogP contribution < -0.4 is 0 Å². The molecule has 2 aromatic rings. The van der Waals surface area contributed by atoms with Crippen molar-refractivity contribution in [3.05, 3.63) is 59.7 Å². The number of halogens is 2. The summed E-state index contributed by atoms with van der Waals surface area (Å²) >= 11 is 1.30. The van der Waals surface area contributed by atoms with E-state index in [0.717, 1.165) is 22.6 Å². The summed E-state index contributed by atoms with van der Waals surface area (Å²) in [4.78, 5) is 1.43. The van der Waals surface area contributed by atoms with Crippen LogP contribution in [0.2, 0.25) is 0 Å². The molecular formula is C14H12F2OS. The second-order valence-corrected chi connectivity index (χ2v) is 5.01. The van der Waals surface area contributed by atoms with Crippen LogP contribution in [0.4, 0.5) is 8.78 Å². The molecule has 0 unspecified atom stereocenters. The van der Waals surface area contributed by atoms with E-state index >= 15 is 0 Å². The van der Waals surface area contributed by atoms with Gasteiger partial charge in [-0.15, -0.1) is 0 Å². The fraction of sp³-hybridized carbons (Fsp3) is 0.143. The van der Waals surface area contributed by atoms with E-state index in [-0.39, 0.29) is 0 Å². The highest BCUT2D eigenvalue weighted by Gasteiger charge is 2.10. The van der Waals surface area contributed by atoms with Crippen LogP contribution in [0.5, 0.6) is 0 Å². The first kappa shape index (κ1) is 13.1. The molecule has 2 aromatic carbocycles. The summed E-state index contributed by atoms with van der Waals surface area (Å²) in [6.07, 6.45) is -0.598. The SMILES string of the molecule is C[C@H](O)c1ccccc1Sc1ccc(F)c(F)c1. The summed E-state index contributed by atoms with van der Waals surface area (Å²) in [6, 6.07) is 11.1. The Labute approximate surface area is 108 Å². The zero-order valence-electron chi connectivity index (χ0n) is 9.73. The van der Waals surface area contributed by atoms with Gasteiger partial charge in [-0.05, 0) is 36.8 Å². The van der Waals surface area contributed by atoms with Gasteiger partial charge in [0.1, 0.15) is 0 Å². The maximum absolute atomic E-state index is 13.1. The molecule has 0 saturated carbocycles. The minimum atomic E-state index is -0.866. The molecule has 0 radical (unpaired) electrons. The Morgan fingerprint density at radius 1 is 1.06 bits per heavy atom. The molecular weight excluding hydrogens is 254 g/mol. The molecule has 0 aromatic heterocycles. The van der Waals surface area contributed by atoms with Crippen molar-refractivity contribution in [1.82, 2.24) is 0 Å². The van der Waals surface area contributed by atoms with Crippen LogP contribution in [0.3, 0.4) is 0 Å². The average molecular weight is 266 g/mol. The molecule has 94 valence electrons. The van der Waals surface area contributed by atoms with Crippen molar-refractivity contribution in [2.45, 2.75) is 22.8 Å². The summed E-state index contributed by atoms with van der Waals surface area (Å²) in [5.41, 5.74) is 0.771. The number of benzene rings is 2. The van der Waals surface area contributed by atoms with Crippen molar-refractivity contribution in [3.8, 4) is 0 Å². The lowest BCUT2D eigenvalue weighted by Crippen LogP contribution is -1.93. The van der Waals surface area contributed by atoms with Gasteiger partial charge in [0.05, 0.1) is 6.10 Å². The van der Waals surface area contributed by atoms with E-state index in [4.69, 9.17) is 0 Å². The van der Waals surface area contributed by atoms with Crippen LogP contribution in [0, 0.1) is 11.6 Å². The Hall–Kier alpha value is -1.39. The average Bonchev–Trinajstić information content (AvgIpc) is 2.34. The molecule has 0 aliphatic heterocycles. The molecule has 0 spiro atoms. The van der Waals surface area contributed by atoms with E-state index < -0.39 is 17.7 Å². The Morgan fingerprint density at radius 3 is 2.44 bits per heavy atom. The van der Waals surface area contributed by atoms with Crippen LogP contribution in [0.15, 0.2) is 52.3 Å². The monoisotopic (exact) mass is 266 g/mol. The minimum Gasteiger partial charge on any atom is -0.389 e. The summed E-state index contributed by atoms with van der Waals surface area (Å²) in [6.45, 7) is 1.67.